The number of hydrogen-bond acceptors (Lipinski definition) is 3. The van der Waals surface area contributed by atoms with Crippen LogP contribution in [0.25, 0.3) is 11.1 Å². The normalized spacial score (nSPS) is 18.4. The Labute approximate surface area is 122 Å². The molecule has 0 N–H and O–H groups in total. The summed E-state index contributed by atoms with van der Waals surface area (Å²) in [6, 6.07) is 6.89. The second-order valence-electron chi connectivity index (χ2n) is 5.17. The number of ether oxygens (including phenoxy) is 1. The lowest BCUT2D eigenvalue weighted by atomic mass is 10.1. The molecule has 1 saturated heterocycles. The summed E-state index contributed by atoms with van der Waals surface area (Å²) in [6.45, 7) is 0.761. The third-order valence-corrected chi connectivity index (χ3v) is 3.71. The zero-order chi connectivity index (χ0) is 14.7. The van der Waals surface area contributed by atoms with Gasteiger partial charge in [-0.2, -0.15) is 10.4 Å². The molecule has 21 heavy (non-hydrogen) atoms. The molecule has 2 heterocycles. The lowest BCUT2D eigenvalue weighted by molar-refractivity contribution is -0.0394. The van der Waals surface area contributed by atoms with Crippen LogP contribution in [0.4, 0.5) is 4.39 Å². The molecule has 5 heteroatoms. The quantitative estimate of drug-likeness (QED) is 0.867. The Bertz CT molecular complexity index is 668. The van der Waals surface area contributed by atoms with Crippen LogP contribution in [0.15, 0.2) is 30.6 Å². The third-order valence-electron chi connectivity index (χ3n) is 3.71. The van der Waals surface area contributed by atoms with Gasteiger partial charge in [-0.25, -0.2) is 9.07 Å². The van der Waals surface area contributed by atoms with Gasteiger partial charge >= 0.3 is 0 Å². The van der Waals surface area contributed by atoms with E-state index < -0.39 is 0 Å². The van der Waals surface area contributed by atoms with Gasteiger partial charge in [0.1, 0.15) is 12.0 Å². The van der Waals surface area contributed by atoms with Gasteiger partial charge in [0.2, 0.25) is 0 Å². The van der Waals surface area contributed by atoms with Crippen LogP contribution in [0.1, 0.15) is 31.1 Å². The number of aromatic nitrogens is 2. The molecule has 0 saturated carbocycles. The van der Waals surface area contributed by atoms with Crippen molar-refractivity contribution < 1.29 is 9.13 Å². The summed E-state index contributed by atoms with van der Waals surface area (Å²) in [7, 11) is 0. The van der Waals surface area contributed by atoms with Gasteiger partial charge in [-0.05, 0) is 30.9 Å². The molecule has 1 aliphatic rings. The summed E-state index contributed by atoms with van der Waals surface area (Å²) >= 11 is 0. The Morgan fingerprint density at radius 1 is 1.38 bits per heavy atom. The van der Waals surface area contributed by atoms with Gasteiger partial charge in [-0.3, -0.25) is 0 Å². The fourth-order valence-electron chi connectivity index (χ4n) is 2.53. The standard InChI is InChI=1S/C16H16FN3O/c17-15-9-13(5-4-12(15)6-7-18)14-10-19-20(11-14)16-3-1-2-8-21-16/h4-5,9-11,16H,1-3,6,8H2. The maximum absolute atomic E-state index is 13.9. The summed E-state index contributed by atoms with van der Waals surface area (Å²) in [5.74, 6) is -0.351. The summed E-state index contributed by atoms with van der Waals surface area (Å²) in [5, 5.41) is 13.0. The maximum Gasteiger partial charge on any atom is 0.150 e. The van der Waals surface area contributed by atoms with E-state index in [2.05, 4.69) is 5.10 Å². The molecule has 0 amide bonds. The van der Waals surface area contributed by atoms with Crippen LogP contribution in [-0.2, 0) is 11.2 Å². The second-order valence-corrected chi connectivity index (χ2v) is 5.17. The first kappa shape index (κ1) is 13.8. The van der Waals surface area contributed by atoms with E-state index in [1.807, 2.05) is 18.3 Å². The average molecular weight is 285 g/mol. The van der Waals surface area contributed by atoms with Crippen molar-refractivity contribution in [2.75, 3.05) is 6.61 Å². The number of halogens is 1. The molecule has 1 fully saturated rings. The van der Waals surface area contributed by atoms with E-state index in [0.29, 0.717) is 5.56 Å². The third kappa shape index (κ3) is 2.96. The van der Waals surface area contributed by atoms with Crippen molar-refractivity contribution in [3.05, 3.63) is 42.0 Å². The first-order valence-corrected chi connectivity index (χ1v) is 7.09. The summed E-state index contributed by atoms with van der Waals surface area (Å²) in [4.78, 5) is 0. The van der Waals surface area contributed by atoms with Crippen molar-refractivity contribution in [3.8, 4) is 17.2 Å². The smallest absolute Gasteiger partial charge is 0.150 e. The number of benzene rings is 1. The molecule has 1 aromatic heterocycles. The first-order valence-electron chi connectivity index (χ1n) is 7.09. The monoisotopic (exact) mass is 285 g/mol. The summed E-state index contributed by atoms with van der Waals surface area (Å²) in [6.07, 6.45) is 6.85. The van der Waals surface area contributed by atoms with E-state index in [1.165, 1.54) is 6.07 Å². The summed E-state index contributed by atoms with van der Waals surface area (Å²) in [5.41, 5.74) is 2.03. The molecule has 1 aliphatic heterocycles. The highest BCUT2D eigenvalue weighted by Gasteiger charge is 2.17. The van der Waals surface area contributed by atoms with Crippen molar-refractivity contribution in [1.82, 2.24) is 9.78 Å². The highest BCUT2D eigenvalue weighted by molar-refractivity contribution is 5.62. The molecule has 108 valence electrons. The lowest BCUT2D eigenvalue weighted by Gasteiger charge is -2.22. The Kier molecular flexibility index (Phi) is 3.98. The van der Waals surface area contributed by atoms with Gasteiger partial charge in [0.05, 0.1) is 18.7 Å². The van der Waals surface area contributed by atoms with Crippen LogP contribution in [0.5, 0.6) is 0 Å². The van der Waals surface area contributed by atoms with E-state index >= 15 is 0 Å². The van der Waals surface area contributed by atoms with Gasteiger partial charge in [-0.15, -0.1) is 0 Å². The van der Waals surface area contributed by atoms with Crippen LogP contribution in [0, 0.1) is 17.1 Å². The van der Waals surface area contributed by atoms with Gasteiger partial charge in [0.15, 0.2) is 0 Å². The molecule has 0 bridgehead atoms. The minimum Gasteiger partial charge on any atom is -0.357 e. The number of nitriles is 1. The zero-order valence-electron chi connectivity index (χ0n) is 11.6. The zero-order valence-corrected chi connectivity index (χ0v) is 11.6. The van der Waals surface area contributed by atoms with Gasteiger partial charge < -0.3 is 4.74 Å². The van der Waals surface area contributed by atoms with E-state index in [1.54, 1.807) is 16.9 Å². The maximum atomic E-state index is 13.9. The fraction of sp³-hybridized carbons (Fsp3) is 0.375. The Morgan fingerprint density at radius 3 is 3.00 bits per heavy atom. The van der Waals surface area contributed by atoms with E-state index in [-0.39, 0.29) is 18.5 Å². The molecule has 0 spiro atoms. The van der Waals surface area contributed by atoms with Crippen LogP contribution >= 0.6 is 0 Å². The molecule has 1 aromatic carbocycles. The molecule has 1 atom stereocenters. The van der Waals surface area contributed by atoms with E-state index in [9.17, 15) is 4.39 Å². The van der Waals surface area contributed by atoms with Crippen LogP contribution < -0.4 is 0 Å². The minimum absolute atomic E-state index is 0.0183. The largest absolute Gasteiger partial charge is 0.357 e. The summed E-state index contributed by atoms with van der Waals surface area (Å²) < 4.78 is 21.4. The number of hydrogen-bond donors (Lipinski definition) is 0. The van der Waals surface area contributed by atoms with Crippen LogP contribution in [0.3, 0.4) is 0 Å². The van der Waals surface area contributed by atoms with Gasteiger partial charge in [0.25, 0.3) is 0 Å². The molecular weight excluding hydrogens is 269 g/mol. The van der Waals surface area contributed by atoms with Crippen molar-refractivity contribution in [2.24, 2.45) is 0 Å². The van der Waals surface area contributed by atoms with Crippen LogP contribution in [0.2, 0.25) is 0 Å². The Balaban J connectivity index is 1.82. The molecule has 4 nitrogen and oxygen atoms in total. The van der Waals surface area contributed by atoms with E-state index in [4.69, 9.17) is 10.00 Å². The van der Waals surface area contributed by atoms with Gasteiger partial charge in [0, 0.05) is 23.9 Å². The average Bonchev–Trinajstić information content (AvgIpc) is 3.00. The van der Waals surface area contributed by atoms with Crippen molar-refractivity contribution in [1.29, 1.82) is 5.26 Å². The Hall–Kier alpha value is -2.19. The second kappa shape index (κ2) is 6.06. The molecule has 0 radical (unpaired) electrons. The molecule has 2 aromatic rings. The van der Waals surface area contributed by atoms with E-state index in [0.717, 1.165) is 37.0 Å². The van der Waals surface area contributed by atoms with Crippen molar-refractivity contribution in [2.45, 2.75) is 31.9 Å². The lowest BCUT2D eigenvalue weighted by Crippen LogP contribution is -2.18. The molecule has 1 unspecified atom stereocenters. The predicted octanol–water partition coefficient (Wildman–Crippen LogP) is 3.45. The Morgan fingerprint density at radius 2 is 2.29 bits per heavy atom. The van der Waals surface area contributed by atoms with Crippen molar-refractivity contribution >= 4 is 0 Å². The predicted molar refractivity (Wildman–Crippen MR) is 75.8 cm³/mol. The highest BCUT2D eigenvalue weighted by atomic mass is 19.1. The molecular formula is C16H16FN3O. The molecule has 3 rings (SSSR count). The minimum atomic E-state index is -0.351. The fourth-order valence-corrected chi connectivity index (χ4v) is 2.53. The van der Waals surface area contributed by atoms with Crippen molar-refractivity contribution in [3.63, 3.8) is 0 Å². The van der Waals surface area contributed by atoms with Gasteiger partial charge in [-0.1, -0.05) is 12.1 Å². The molecule has 0 aliphatic carbocycles. The number of nitrogens with zero attached hydrogens (tertiary/aromatic N) is 3. The first-order chi connectivity index (χ1) is 10.3. The topological polar surface area (TPSA) is 50.8 Å². The number of rotatable bonds is 3. The highest BCUT2D eigenvalue weighted by Crippen LogP contribution is 2.26. The SMILES string of the molecule is N#CCc1ccc(-c2cnn(C3CCCCO3)c2)cc1F. The van der Waals surface area contributed by atoms with Crippen LogP contribution in [-0.4, -0.2) is 16.4 Å².